The van der Waals surface area contributed by atoms with Gasteiger partial charge in [-0.1, -0.05) is 20.8 Å². The van der Waals surface area contributed by atoms with Crippen molar-refractivity contribution in [2.75, 3.05) is 25.4 Å². The number of amides is 3. The van der Waals surface area contributed by atoms with Gasteiger partial charge >= 0.3 is 0 Å². The lowest BCUT2D eigenvalue weighted by molar-refractivity contribution is -0.141. The monoisotopic (exact) mass is 457 g/mol. The number of nitrogens with zero attached hydrogens (tertiary/aromatic N) is 2. The summed E-state index contributed by atoms with van der Waals surface area (Å²) >= 11 is 1.59. The van der Waals surface area contributed by atoms with Crippen molar-refractivity contribution in [3.8, 4) is 0 Å². The molecule has 8 N–H and O–H groups in total. The van der Waals surface area contributed by atoms with Gasteiger partial charge < -0.3 is 32.7 Å². The third-order valence-corrected chi connectivity index (χ3v) is 6.17. The Kier molecular flexibility index (Phi) is 11.1. The van der Waals surface area contributed by atoms with Gasteiger partial charge in [0.05, 0.1) is 6.04 Å². The number of hydrogen-bond acceptors (Lipinski definition) is 6. The molecule has 31 heavy (non-hydrogen) atoms. The summed E-state index contributed by atoms with van der Waals surface area (Å²) < 4.78 is -0.0251. The Morgan fingerprint density at radius 1 is 1.26 bits per heavy atom. The van der Waals surface area contributed by atoms with E-state index in [2.05, 4.69) is 15.6 Å². The van der Waals surface area contributed by atoms with E-state index in [1.165, 1.54) is 0 Å². The molecule has 1 rings (SSSR count). The zero-order valence-corrected chi connectivity index (χ0v) is 20.0. The topological polar surface area (TPSA) is 169 Å². The van der Waals surface area contributed by atoms with Gasteiger partial charge in [-0.3, -0.25) is 19.4 Å². The lowest BCUT2D eigenvalue weighted by Gasteiger charge is -2.29. The minimum Gasteiger partial charge on any atom is -0.370 e. The summed E-state index contributed by atoms with van der Waals surface area (Å²) in [7, 11) is 0. The first-order valence-corrected chi connectivity index (χ1v) is 11.8. The number of likely N-dealkylation sites (tertiary alicyclic amines) is 1. The Labute approximate surface area is 189 Å². The molecule has 0 bridgehead atoms. The fraction of sp³-hybridized carbons (Fsp3) is 0.800. The minimum atomic E-state index is -0.789. The second-order valence-electron chi connectivity index (χ2n) is 8.62. The maximum absolute atomic E-state index is 13.3. The molecule has 178 valence electrons. The van der Waals surface area contributed by atoms with Crippen LogP contribution in [0, 0.1) is 0 Å². The Balaban J connectivity index is 2.86. The van der Waals surface area contributed by atoms with Crippen molar-refractivity contribution in [1.82, 2.24) is 15.5 Å². The molecule has 1 fully saturated rings. The maximum atomic E-state index is 13.3. The van der Waals surface area contributed by atoms with Crippen LogP contribution < -0.4 is 27.8 Å². The molecular formula is C20H39N7O3S. The zero-order valence-electron chi connectivity index (χ0n) is 19.1. The molecule has 1 saturated heterocycles. The van der Waals surface area contributed by atoms with E-state index in [0.29, 0.717) is 44.6 Å². The summed E-state index contributed by atoms with van der Waals surface area (Å²) in [5.74, 6) is -0.412. The number of rotatable bonds is 11. The molecule has 0 aromatic rings. The third-order valence-electron chi connectivity index (χ3n) is 4.78. The van der Waals surface area contributed by atoms with Gasteiger partial charge in [-0.05, 0) is 32.6 Å². The van der Waals surface area contributed by atoms with Crippen LogP contribution in [0.15, 0.2) is 4.99 Å². The first-order valence-electron chi connectivity index (χ1n) is 10.8. The standard InChI is InChI=1S/C20H39N7O3S/c1-5-24-17(29)15-9-7-11-27(15)18(30)14(8-6-10-25-19(22)23)26-16(28)13(21)12-31-20(2,3)4/h13-15H,5-12,21H2,1-4H3,(H,24,29)(H,26,28)(H4,22,23,25)/t13-,14-,15-/m0/s1. The normalized spacial score (nSPS) is 18.2. The quantitative estimate of drug-likeness (QED) is 0.158. The largest absolute Gasteiger partial charge is 0.370 e. The fourth-order valence-corrected chi connectivity index (χ4v) is 4.08. The predicted molar refractivity (Wildman–Crippen MR) is 125 cm³/mol. The van der Waals surface area contributed by atoms with E-state index >= 15 is 0 Å². The van der Waals surface area contributed by atoms with Crippen LogP contribution in [-0.2, 0) is 14.4 Å². The van der Waals surface area contributed by atoms with Crippen LogP contribution in [0.1, 0.15) is 53.4 Å². The first kappa shape index (κ1) is 27.0. The SMILES string of the molecule is CCNC(=O)[C@@H]1CCCN1C(=O)[C@H](CCCN=C(N)N)NC(=O)[C@@H](N)CSC(C)(C)C. The van der Waals surface area contributed by atoms with Crippen LogP contribution in [0.25, 0.3) is 0 Å². The summed E-state index contributed by atoms with van der Waals surface area (Å²) in [5.41, 5.74) is 16.8. The van der Waals surface area contributed by atoms with E-state index in [9.17, 15) is 14.4 Å². The van der Waals surface area contributed by atoms with Gasteiger partial charge in [0, 0.05) is 30.1 Å². The highest BCUT2D eigenvalue weighted by Crippen LogP contribution is 2.23. The summed E-state index contributed by atoms with van der Waals surface area (Å²) in [6.45, 7) is 9.30. The molecule has 0 spiro atoms. The predicted octanol–water partition coefficient (Wildman–Crippen LogP) is -0.489. The van der Waals surface area contributed by atoms with Gasteiger partial charge in [-0.15, -0.1) is 0 Å². The average molecular weight is 458 g/mol. The van der Waals surface area contributed by atoms with Crippen LogP contribution in [0.2, 0.25) is 0 Å². The Hall–Kier alpha value is -2.01. The smallest absolute Gasteiger partial charge is 0.245 e. The van der Waals surface area contributed by atoms with Crippen LogP contribution in [0.4, 0.5) is 0 Å². The highest BCUT2D eigenvalue weighted by atomic mass is 32.2. The first-order chi connectivity index (χ1) is 14.5. The molecule has 10 nitrogen and oxygen atoms in total. The van der Waals surface area contributed by atoms with Crippen molar-refractivity contribution in [1.29, 1.82) is 0 Å². The van der Waals surface area contributed by atoms with Gasteiger partial charge in [-0.2, -0.15) is 11.8 Å². The number of thioether (sulfide) groups is 1. The highest BCUT2D eigenvalue weighted by Gasteiger charge is 2.37. The van der Waals surface area contributed by atoms with E-state index in [1.54, 1.807) is 16.7 Å². The highest BCUT2D eigenvalue weighted by molar-refractivity contribution is 8.00. The lowest BCUT2D eigenvalue weighted by Crippen LogP contribution is -2.56. The number of guanidine groups is 1. The van der Waals surface area contributed by atoms with Gasteiger partial charge in [-0.25, -0.2) is 0 Å². The van der Waals surface area contributed by atoms with Crippen molar-refractivity contribution >= 4 is 35.4 Å². The van der Waals surface area contributed by atoms with Crippen LogP contribution in [0.3, 0.4) is 0 Å². The molecule has 0 unspecified atom stereocenters. The second-order valence-corrected chi connectivity index (χ2v) is 10.5. The van der Waals surface area contributed by atoms with Crippen LogP contribution >= 0.6 is 11.8 Å². The molecule has 1 aliphatic rings. The van der Waals surface area contributed by atoms with Gasteiger partial charge in [0.1, 0.15) is 12.1 Å². The van der Waals surface area contributed by atoms with Gasteiger partial charge in [0.2, 0.25) is 17.7 Å². The number of carbonyl (C=O) groups is 3. The van der Waals surface area contributed by atoms with Crippen LogP contribution in [0.5, 0.6) is 0 Å². The van der Waals surface area contributed by atoms with Gasteiger partial charge in [0.15, 0.2) is 5.96 Å². The maximum Gasteiger partial charge on any atom is 0.245 e. The Morgan fingerprint density at radius 2 is 1.94 bits per heavy atom. The van der Waals surface area contributed by atoms with Crippen molar-refractivity contribution in [3.05, 3.63) is 0 Å². The zero-order chi connectivity index (χ0) is 23.6. The van der Waals surface area contributed by atoms with E-state index in [4.69, 9.17) is 17.2 Å². The molecule has 0 aliphatic carbocycles. The van der Waals surface area contributed by atoms with Crippen LogP contribution in [-0.4, -0.2) is 76.8 Å². The van der Waals surface area contributed by atoms with E-state index in [1.807, 2.05) is 27.7 Å². The van der Waals surface area contributed by atoms with Crippen molar-refractivity contribution < 1.29 is 14.4 Å². The molecule has 1 heterocycles. The average Bonchev–Trinajstić information content (AvgIpc) is 3.17. The molecular weight excluding hydrogens is 418 g/mol. The second kappa shape index (κ2) is 12.7. The molecule has 0 aromatic heterocycles. The summed E-state index contributed by atoms with van der Waals surface area (Å²) in [6.07, 6.45) is 2.19. The van der Waals surface area contributed by atoms with Crippen molar-refractivity contribution in [2.45, 2.75) is 76.3 Å². The van der Waals surface area contributed by atoms with Gasteiger partial charge in [0.25, 0.3) is 0 Å². The number of nitrogens with two attached hydrogens (primary N) is 3. The van der Waals surface area contributed by atoms with E-state index < -0.39 is 18.1 Å². The lowest BCUT2D eigenvalue weighted by atomic mass is 10.1. The Bertz CT molecular complexity index is 647. The number of carbonyl (C=O) groups excluding carboxylic acids is 3. The molecule has 3 amide bonds. The summed E-state index contributed by atoms with van der Waals surface area (Å²) in [4.78, 5) is 43.8. The number of aliphatic imine (C=N–C) groups is 1. The molecule has 0 radical (unpaired) electrons. The Morgan fingerprint density at radius 3 is 2.52 bits per heavy atom. The molecule has 3 atom stereocenters. The van der Waals surface area contributed by atoms with E-state index in [-0.39, 0.29) is 28.4 Å². The summed E-state index contributed by atoms with van der Waals surface area (Å²) in [5, 5.41) is 5.58. The molecule has 0 aromatic carbocycles. The minimum absolute atomic E-state index is 0.0241. The number of likely N-dealkylation sites (N-methyl/N-ethyl adjacent to an activating group) is 1. The molecule has 1 aliphatic heterocycles. The van der Waals surface area contributed by atoms with Crippen molar-refractivity contribution in [2.24, 2.45) is 22.2 Å². The molecule has 11 heteroatoms. The third kappa shape index (κ3) is 9.77. The molecule has 0 saturated carbocycles. The number of nitrogens with one attached hydrogen (secondary N) is 2. The van der Waals surface area contributed by atoms with Crippen molar-refractivity contribution in [3.63, 3.8) is 0 Å². The fourth-order valence-electron chi connectivity index (χ4n) is 3.25. The summed E-state index contributed by atoms with van der Waals surface area (Å²) in [6, 6.07) is -2.05. The van der Waals surface area contributed by atoms with E-state index in [0.717, 1.165) is 6.42 Å². The number of hydrogen-bond donors (Lipinski definition) is 5.